The van der Waals surface area contributed by atoms with E-state index in [1.165, 1.54) is 0 Å². The first-order chi connectivity index (χ1) is 9.45. The van der Waals surface area contributed by atoms with Crippen LogP contribution in [-0.4, -0.2) is 34.4 Å². The van der Waals surface area contributed by atoms with Crippen molar-refractivity contribution in [2.45, 2.75) is 26.3 Å². The van der Waals surface area contributed by atoms with Gasteiger partial charge in [0.25, 0.3) is 0 Å². The minimum atomic E-state index is -0.449. The predicted octanol–water partition coefficient (Wildman–Crippen LogP) is 0.266. The van der Waals surface area contributed by atoms with Gasteiger partial charge in [0.2, 0.25) is 11.8 Å². The number of imide groups is 1. The Hall–Kier alpha value is -2.02. The molecule has 1 aliphatic rings. The lowest BCUT2D eigenvalue weighted by molar-refractivity contribution is -0.132. The number of rotatable bonds is 3. The second-order valence-electron chi connectivity index (χ2n) is 4.66. The van der Waals surface area contributed by atoms with Gasteiger partial charge in [-0.25, -0.2) is 4.98 Å². The zero-order chi connectivity index (χ0) is 14.9. The van der Waals surface area contributed by atoms with E-state index in [0.29, 0.717) is 17.8 Å². The quantitative estimate of drug-likeness (QED) is 0.614. The Labute approximate surface area is 122 Å². The van der Waals surface area contributed by atoms with Crippen molar-refractivity contribution < 1.29 is 9.59 Å². The molecule has 1 atom stereocenters. The molecule has 1 unspecified atom stereocenters. The molecule has 1 saturated heterocycles. The maximum absolute atomic E-state index is 11.9. The summed E-state index contributed by atoms with van der Waals surface area (Å²) in [5.41, 5.74) is 7.24. The highest BCUT2D eigenvalue weighted by Crippen LogP contribution is 2.25. The van der Waals surface area contributed by atoms with Gasteiger partial charge in [0.05, 0.1) is 12.1 Å². The lowest BCUT2D eigenvalue weighted by atomic mass is 10.1. The average Bonchev–Trinajstić information content (AvgIpc) is 2.37. The molecule has 1 aromatic rings. The molecule has 1 aromatic heterocycles. The van der Waals surface area contributed by atoms with E-state index in [4.69, 9.17) is 18.0 Å². The molecule has 1 fully saturated rings. The number of carbonyl (C=O) groups excluding carboxylic acids is 2. The lowest BCUT2D eigenvalue weighted by Gasteiger charge is -2.35. The van der Waals surface area contributed by atoms with Crippen LogP contribution in [0.15, 0.2) is 12.3 Å². The first kappa shape index (κ1) is 14.4. The van der Waals surface area contributed by atoms with Crippen molar-refractivity contribution in [2.75, 3.05) is 11.4 Å². The van der Waals surface area contributed by atoms with Crippen LogP contribution in [-0.2, 0) is 9.59 Å². The van der Waals surface area contributed by atoms with E-state index >= 15 is 0 Å². The van der Waals surface area contributed by atoms with Gasteiger partial charge < -0.3 is 10.6 Å². The number of aromatic nitrogens is 1. The molecule has 0 aliphatic carbocycles. The molecule has 20 heavy (non-hydrogen) atoms. The summed E-state index contributed by atoms with van der Waals surface area (Å²) in [5, 5.41) is 2.33. The van der Waals surface area contributed by atoms with E-state index < -0.39 is 6.04 Å². The third-order valence-corrected chi connectivity index (χ3v) is 3.50. The average molecular weight is 292 g/mol. The van der Waals surface area contributed by atoms with E-state index in [1.54, 1.807) is 17.2 Å². The van der Waals surface area contributed by atoms with Crippen molar-refractivity contribution in [2.24, 2.45) is 5.73 Å². The summed E-state index contributed by atoms with van der Waals surface area (Å²) < 4.78 is 0. The summed E-state index contributed by atoms with van der Waals surface area (Å²) in [6, 6.07) is 1.35. The molecule has 0 radical (unpaired) electrons. The van der Waals surface area contributed by atoms with Gasteiger partial charge in [-0.1, -0.05) is 19.1 Å². The van der Waals surface area contributed by atoms with Gasteiger partial charge >= 0.3 is 0 Å². The predicted molar refractivity (Wildman–Crippen MR) is 79.4 cm³/mol. The van der Waals surface area contributed by atoms with E-state index in [0.717, 1.165) is 5.56 Å². The first-order valence-corrected chi connectivity index (χ1v) is 6.72. The Morgan fingerprint density at radius 2 is 2.30 bits per heavy atom. The van der Waals surface area contributed by atoms with E-state index in [-0.39, 0.29) is 23.3 Å². The Morgan fingerprint density at radius 1 is 1.60 bits per heavy atom. The number of nitrogens with one attached hydrogen (secondary N) is 1. The van der Waals surface area contributed by atoms with E-state index in [2.05, 4.69) is 10.3 Å². The van der Waals surface area contributed by atoms with E-state index in [1.807, 2.05) is 13.8 Å². The Morgan fingerprint density at radius 3 is 2.90 bits per heavy atom. The largest absolute Gasteiger partial charge is 0.389 e. The van der Waals surface area contributed by atoms with Crippen molar-refractivity contribution in [1.29, 1.82) is 0 Å². The van der Waals surface area contributed by atoms with Crippen molar-refractivity contribution >= 4 is 34.8 Å². The number of nitrogens with two attached hydrogens (primary N) is 1. The number of hydrogen-bond donors (Lipinski definition) is 2. The van der Waals surface area contributed by atoms with Gasteiger partial charge in [0, 0.05) is 6.20 Å². The van der Waals surface area contributed by atoms with Crippen LogP contribution in [0.25, 0.3) is 0 Å². The number of thiocarbonyl (C=S) groups is 1. The summed E-state index contributed by atoms with van der Waals surface area (Å²) >= 11 is 5.07. The smallest absolute Gasteiger partial charge is 0.249 e. The summed E-state index contributed by atoms with van der Waals surface area (Å²) in [5.74, 6) is -0.176. The number of nitrogens with zero attached hydrogens (tertiary/aromatic N) is 2. The van der Waals surface area contributed by atoms with Crippen LogP contribution < -0.4 is 16.0 Å². The molecule has 0 bridgehead atoms. The highest BCUT2D eigenvalue weighted by atomic mass is 32.1. The van der Waals surface area contributed by atoms with Crippen LogP contribution in [0.1, 0.15) is 24.5 Å². The fourth-order valence-corrected chi connectivity index (χ4v) is 2.61. The number of amides is 2. The van der Waals surface area contributed by atoms with E-state index in [9.17, 15) is 9.59 Å². The van der Waals surface area contributed by atoms with Gasteiger partial charge in [0.1, 0.15) is 16.8 Å². The van der Waals surface area contributed by atoms with Gasteiger partial charge in [-0.3, -0.25) is 14.9 Å². The van der Waals surface area contributed by atoms with Crippen molar-refractivity contribution in [3.05, 3.63) is 23.4 Å². The first-order valence-electron chi connectivity index (χ1n) is 6.31. The molecule has 0 saturated carbocycles. The molecular formula is C13H16N4O2S. The molecule has 0 aromatic carbocycles. The second-order valence-corrected chi connectivity index (χ2v) is 5.09. The second kappa shape index (κ2) is 5.54. The molecule has 3 N–H and O–H groups in total. The topological polar surface area (TPSA) is 88.3 Å². The van der Waals surface area contributed by atoms with Crippen LogP contribution >= 0.6 is 12.2 Å². The van der Waals surface area contributed by atoms with Gasteiger partial charge in [-0.2, -0.15) is 0 Å². The number of hydrogen-bond acceptors (Lipinski definition) is 5. The fraction of sp³-hybridized carbons (Fsp3) is 0.385. The van der Waals surface area contributed by atoms with Gasteiger partial charge in [-0.05, 0) is 25.0 Å². The third-order valence-electron chi connectivity index (χ3n) is 3.30. The molecule has 106 valence electrons. The molecule has 2 amide bonds. The fourth-order valence-electron chi connectivity index (χ4n) is 2.36. The van der Waals surface area contributed by atoms with Crippen LogP contribution in [0.4, 0.5) is 5.82 Å². The molecule has 2 heterocycles. The highest BCUT2D eigenvalue weighted by molar-refractivity contribution is 7.80. The maximum atomic E-state index is 11.9. The highest BCUT2D eigenvalue weighted by Gasteiger charge is 2.34. The van der Waals surface area contributed by atoms with Crippen LogP contribution in [0.5, 0.6) is 0 Å². The lowest BCUT2D eigenvalue weighted by Crippen LogP contribution is -2.58. The Bertz CT molecular complexity index is 588. The molecule has 0 spiro atoms. The SMILES string of the molecule is CCC1C(=O)NC(=O)CN1c1nccc(C)c1C(N)=S. The number of piperazine rings is 1. The molecule has 2 rings (SSSR count). The van der Waals surface area contributed by atoms with Crippen molar-refractivity contribution in [3.63, 3.8) is 0 Å². The number of aryl methyl sites for hydroxylation is 1. The third kappa shape index (κ3) is 2.49. The monoisotopic (exact) mass is 292 g/mol. The van der Waals surface area contributed by atoms with Crippen LogP contribution in [0.3, 0.4) is 0 Å². The zero-order valence-electron chi connectivity index (χ0n) is 11.3. The van der Waals surface area contributed by atoms with Gasteiger partial charge in [0.15, 0.2) is 0 Å². The van der Waals surface area contributed by atoms with Gasteiger partial charge in [-0.15, -0.1) is 0 Å². The van der Waals surface area contributed by atoms with Crippen LogP contribution in [0, 0.1) is 6.92 Å². The van der Waals surface area contributed by atoms with Crippen molar-refractivity contribution in [3.8, 4) is 0 Å². The molecule has 7 heteroatoms. The minimum absolute atomic E-state index is 0.0658. The summed E-state index contributed by atoms with van der Waals surface area (Å²) in [7, 11) is 0. The molecule has 6 nitrogen and oxygen atoms in total. The Kier molecular flexibility index (Phi) is 3.99. The maximum Gasteiger partial charge on any atom is 0.249 e. The van der Waals surface area contributed by atoms with Crippen molar-refractivity contribution in [1.82, 2.24) is 10.3 Å². The summed E-state index contributed by atoms with van der Waals surface area (Å²) in [4.78, 5) is 29.7. The minimum Gasteiger partial charge on any atom is -0.389 e. The number of pyridine rings is 1. The molecular weight excluding hydrogens is 276 g/mol. The van der Waals surface area contributed by atoms with Crippen LogP contribution in [0.2, 0.25) is 0 Å². The number of anilines is 1. The Balaban J connectivity index is 2.53. The summed E-state index contributed by atoms with van der Waals surface area (Å²) in [6.07, 6.45) is 2.18. The standard InChI is InChI=1S/C13H16N4O2S/c1-3-8-13(19)16-9(18)6-17(8)12-10(11(14)20)7(2)4-5-15-12/h4-5,8H,3,6H2,1-2H3,(H2,14,20)(H,16,18,19). The normalized spacial score (nSPS) is 18.9. The summed E-state index contributed by atoms with van der Waals surface area (Å²) in [6.45, 7) is 3.81. The number of carbonyl (C=O) groups is 2. The zero-order valence-corrected chi connectivity index (χ0v) is 12.2. The molecule has 1 aliphatic heterocycles.